The molecule has 2 aliphatic rings. The molecule has 5 heteroatoms. The maximum absolute atomic E-state index is 11.0. The maximum atomic E-state index is 11.0. The van der Waals surface area contributed by atoms with Gasteiger partial charge in [-0.2, -0.15) is 0 Å². The van der Waals surface area contributed by atoms with Gasteiger partial charge in [-0.05, 0) is 17.8 Å². The minimum atomic E-state index is -0.436. The normalized spacial score (nSPS) is 37.2. The highest BCUT2D eigenvalue weighted by Crippen LogP contribution is 2.52. The predicted octanol–water partition coefficient (Wildman–Crippen LogP) is -0.199. The third-order valence-electron chi connectivity index (χ3n) is 2.91. The topological polar surface area (TPSA) is 61.5 Å². The molecule has 2 fully saturated rings. The van der Waals surface area contributed by atoms with Crippen molar-refractivity contribution in [2.24, 2.45) is 23.5 Å². The fourth-order valence-corrected chi connectivity index (χ4v) is 2.11. The molecule has 76 valence electrons. The molecule has 0 spiro atoms. The highest BCUT2D eigenvalue weighted by Gasteiger charge is 2.58. The van der Waals surface area contributed by atoms with Gasteiger partial charge in [0.15, 0.2) is 0 Å². The Kier molecular flexibility index (Phi) is 3.16. The molecule has 4 atom stereocenters. The summed E-state index contributed by atoms with van der Waals surface area (Å²) in [6.45, 7) is 1.53. The van der Waals surface area contributed by atoms with Crippen molar-refractivity contribution < 1.29 is 14.3 Å². The molecule has 1 aliphatic carbocycles. The summed E-state index contributed by atoms with van der Waals surface area (Å²) in [6, 6.07) is -0.436. The quantitative estimate of drug-likeness (QED) is 0.638. The predicted molar refractivity (Wildman–Crippen MR) is 48.5 cm³/mol. The van der Waals surface area contributed by atoms with Crippen molar-refractivity contribution in [2.75, 3.05) is 20.3 Å². The highest BCUT2D eigenvalue weighted by molar-refractivity contribution is 5.85. The van der Waals surface area contributed by atoms with E-state index in [9.17, 15) is 4.79 Å². The number of nitrogens with two attached hydrogens (primary N) is 1. The molecule has 0 radical (unpaired) electrons. The molecule has 1 saturated heterocycles. The van der Waals surface area contributed by atoms with E-state index in [-0.39, 0.29) is 18.4 Å². The van der Waals surface area contributed by atoms with Crippen molar-refractivity contribution in [3.63, 3.8) is 0 Å². The fourth-order valence-electron chi connectivity index (χ4n) is 2.11. The van der Waals surface area contributed by atoms with E-state index in [1.54, 1.807) is 0 Å². The molecule has 0 amide bonds. The molecule has 4 nitrogen and oxygen atoms in total. The van der Waals surface area contributed by atoms with E-state index >= 15 is 0 Å². The van der Waals surface area contributed by atoms with Crippen molar-refractivity contribution in [3.8, 4) is 0 Å². The van der Waals surface area contributed by atoms with Crippen LogP contribution in [0.15, 0.2) is 0 Å². The summed E-state index contributed by atoms with van der Waals surface area (Å²) in [5, 5.41) is 0. The van der Waals surface area contributed by atoms with Crippen molar-refractivity contribution in [3.05, 3.63) is 0 Å². The molecule has 2 rings (SSSR count). The Labute approximate surface area is 83.2 Å². The molecule has 0 aromatic heterocycles. The zero-order valence-electron chi connectivity index (χ0n) is 7.43. The third kappa shape index (κ3) is 1.66. The number of hydrogen-bond acceptors (Lipinski definition) is 4. The van der Waals surface area contributed by atoms with Gasteiger partial charge in [-0.3, -0.25) is 4.79 Å². The smallest absolute Gasteiger partial charge is 0.322 e. The molecular weight excluding hydrogens is 194 g/mol. The van der Waals surface area contributed by atoms with Gasteiger partial charge >= 0.3 is 5.97 Å². The summed E-state index contributed by atoms with van der Waals surface area (Å²) < 4.78 is 9.77. The second-order valence-corrected chi connectivity index (χ2v) is 3.49. The summed E-state index contributed by atoms with van der Waals surface area (Å²) >= 11 is 0. The minimum Gasteiger partial charge on any atom is -0.468 e. The molecule has 1 heterocycles. The van der Waals surface area contributed by atoms with E-state index in [2.05, 4.69) is 4.74 Å². The summed E-state index contributed by atoms with van der Waals surface area (Å²) in [5.41, 5.74) is 5.69. The zero-order valence-corrected chi connectivity index (χ0v) is 8.25. The van der Waals surface area contributed by atoms with Crippen LogP contribution in [0.4, 0.5) is 0 Å². The van der Waals surface area contributed by atoms with Gasteiger partial charge in [0.05, 0.1) is 20.3 Å². The van der Waals surface area contributed by atoms with Gasteiger partial charge < -0.3 is 15.2 Å². The van der Waals surface area contributed by atoms with E-state index in [1.807, 2.05) is 0 Å². The number of halogens is 1. The van der Waals surface area contributed by atoms with E-state index in [0.717, 1.165) is 13.2 Å². The SMILES string of the molecule is COC(=O)C(N)C1[C@H]2COC[C@@H]12.Cl. The largest absolute Gasteiger partial charge is 0.468 e. The molecule has 0 aromatic rings. The summed E-state index contributed by atoms with van der Waals surface area (Å²) in [5.74, 6) is 1.04. The van der Waals surface area contributed by atoms with Gasteiger partial charge in [-0.25, -0.2) is 0 Å². The molecule has 13 heavy (non-hydrogen) atoms. The number of hydrogen-bond donors (Lipinski definition) is 1. The van der Waals surface area contributed by atoms with E-state index in [1.165, 1.54) is 7.11 Å². The Bertz CT molecular complexity index is 202. The monoisotopic (exact) mass is 207 g/mol. The van der Waals surface area contributed by atoms with Crippen molar-refractivity contribution in [2.45, 2.75) is 6.04 Å². The first-order valence-electron chi connectivity index (χ1n) is 4.17. The van der Waals surface area contributed by atoms with Crippen LogP contribution >= 0.6 is 12.4 Å². The number of methoxy groups -OCH3 is 1. The molecule has 0 bridgehead atoms. The number of carbonyl (C=O) groups excluding carboxylic acids is 1. The molecular formula is C8H14ClNO3. The number of carbonyl (C=O) groups is 1. The van der Waals surface area contributed by atoms with Crippen LogP contribution in [0.2, 0.25) is 0 Å². The van der Waals surface area contributed by atoms with Gasteiger partial charge in [0.1, 0.15) is 6.04 Å². The van der Waals surface area contributed by atoms with Gasteiger partial charge in [0.25, 0.3) is 0 Å². The average Bonchev–Trinajstić information content (AvgIpc) is 2.56. The van der Waals surface area contributed by atoms with Crippen LogP contribution in [0.5, 0.6) is 0 Å². The second kappa shape index (κ2) is 3.82. The summed E-state index contributed by atoms with van der Waals surface area (Å²) in [7, 11) is 1.37. The fraction of sp³-hybridized carbons (Fsp3) is 0.875. The Balaban J connectivity index is 0.000000845. The van der Waals surface area contributed by atoms with Gasteiger partial charge in [-0.1, -0.05) is 0 Å². The van der Waals surface area contributed by atoms with Crippen LogP contribution in [0, 0.1) is 17.8 Å². The Morgan fingerprint density at radius 1 is 1.54 bits per heavy atom. The molecule has 2 unspecified atom stereocenters. The van der Waals surface area contributed by atoms with E-state index < -0.39 is 6.04 Å². The minimum absolute atomic E-state index is 0. The highest BCUT2D eigenvalue weighted by atomic mass is 35.5. The first kappa shape index (κ1) is 10.8. The van der Waals surface area contributed by atoms with Crippen molar-refractivity contribution in [1.29, 1.82) is 0 Å². The molecule has 2 N–H and O–H groups in total. The van der Waals surface area contributed by atoms with Gasteiger partial charge in [-0.15, -0.1) is 12.4 Å². The van der Waals surface area contributed by atoms with Crippen LogP contribution in [-0.4, -0.2) is 32.3 Å². The maximum Gasteiger partial charge on any atom is 0.322 e. The van der Waals surface area contributed by atoms with E-state index in [0.29, 0.717) is 17.8 Å². The first-order chi connectivity index (χ1) is 5.75. The van der Waals surface area contributed by atoms with Crippen molar-refractivity contribution >= 4 is 18.4 Å². The third-order valence-corrected chi connectivity index (χ3v) is 2.91. The summed E-state index contributed by atoms with van der Waals surface area (Å²) in [6.07, 6.45) is 0. The van der Waals surface area contributed by atoms with Crippen molar-refractivity contribution in [1.82, 2.24) is 0 Å². The number of esters is 1. The second-order valence-electron chi connectivity index (χ2n) is 3.49. The van der Waals surface area contributed by atoms with Gasteiger partial charge in [0, 0.05) is 0 Å². The number of fused-ring (bicyclic) bond motifs is 1. The number of ether oxygens (including phenoxy) is 2. The summed E-state index contributed by atoms with van der Waals surface area (Å²) in [4.78, 5) is 11.0. The molecule has 0 aromatic carbocycles. The zero-order chi connectivity index (χ0) is 8.72. The first-order valence-corrected chi connectivity index (χ1v) is 4.17. The van der Waals surface area contributed by atoms with E-state index in [4.69, 9.17) is 10.5 Å². The number of rotatable bonds is 2. The Hall–Kier alpha value is -0.320. The van der Waals surface area contributed by atoms with Gasteiger partial charge in [0.2, 0.25) is 0 Å². The lowest BCUT2D eigenvalue weighted by Gasteiger charge is -2.10. The van der Waals surface area contributed by atoms with Crippen LogP contribution in [-0.2, 0) is 14.3 Å². The van der Waals surface area contributed by atoms with Crippen LogP contribution in [0.3, 0.4) is 0 Å². The molecule has 1 aliphatic heterocycles. The molecule has 1 saturated carbocycles. The lowest BCUT2D eigenvalue weighted by molar-refractivity contribution is -0.143. The standard InChI is InChI=1S/C8H13NO3.ClH/c1-11-8(10)7(9)6-4-2-12-3-5(4)6;/h4-7H,2-3,9H2,1H3;1H/t4-,5+,6?,7?;. The van der Waals surface area contributed by atoms with Crippen LogP contribution in [0.25, 0.3) is 0 Å². The van der Waals surface area contributed by atoms with Crippen LogP contribution < -0.4 is 5.73 Å². The average molecular weight is 208 g/mol. The Morgan fingerprint density at radius 3 is 2.54 bits per heavy atom. The van der Waals surface area contributed by atoms with Crippen LogP contribution in [0.1, 0.15) is 0 Å². The lowest BCUT2D eigenvalue weighted by Crippen LogP contribution is -2.35. The lowest BCUT2D eigenvalue weighted by atomic mass is 10.1. The Morgan fingerprint density at radius 2 is 2.08 bits per heavy atom.